The molecule has 1 aliphatic heterocycles. The Morgan fingerprint density at radius 1 is 1.12 bits per heavy atom. The fourth-order valence-electron chi connectivity index (χ4n) is 2.64. The highest BCUT2D eigenvalue weighted by Gasteiger charge is 2.14. The minimum absolute atomic E-state index is 0.904. The second-order valence-corrected chi connectivity index (χ2v) is 6.26. The first-order chi connectivity index (χ1) is 8.16. The van der Waals surface area contributed by atoms with Crippen LogP contribution in [0.1, 0.15) is 29.5 Å². The Labute approximate surface area is 109 Å². The summed E-state index contributed by atoms with van der Waals surface area (Å²) in [5.74, 6) is 2.19. The van der Waals surface area contributed by atoms with Gasteiger partial charge in [-0.25, -0.2) is 0 Å². The van der Waals surface area contributed by atoms with E-state index < -0.39 is 0 Å². The van der Waals surface area contributed by atoms with Crippen molar-refractivity contribution in [3.8, 4) is 0 Å². The summed E-state index contributed by atoms with van der Waals surface area (Å²) in [6, 6.07) is 4.61. The molecule has 1 aliphatic rings. The van der Waals surface area contributed by atoms with E-state index in [1.807, 2.05) is 0 Å². The van der Waals surface area contributed by atoms with Gasteiger partial charge in [-0.1, -0.05) is 17.7 Å². The number of rotatable bonds is 3. The second kappa shape index (κ2) is 5.92. The number of hydrogen-bond donors (Lipinski definition) is 1. The van der Waals surface area contributed by atoms with Crippen molar-refractivity contribution in [2.45, 2.75) is 38.5 Å². The van der Waals surface area contributed by atoms with Crippen LogP contribution < -0.4 is 5.32 Å². The molecule has 1 heterocycles. The van der Waals surface area contributed by atoms with Gasteiger partial charge >= 0.3 is 0 Å². The van der Waals surface area contributed by atoms with Gasteiger partial charge in [-0.2, -0.15) is 0 Å². The normalized spacial score (nSPS) is 17.4. The summed E-state index contributed by atoms with van der Waals surface area (Å²) in [6.45, 7) is 9.07. The molecule has 94 valence electrons. The summed E-state index contributed by atoms with van der Waals surface area (Å²) >= 11 is 2.06. The number of nitrogens with one attached hydrogen (secondary N) is 1. The van der Waals surface area contributed by atoms with Crippen LogP contribution in [0.5, 0.6) is 0 Å². The van der Waals surface area contributed by atoms with E-state index in [1.54, 1.807) is 0 Å². The van der Waals surface area contributed by atoms with Gasteiger partial charge in [0, 0.05) is 10.6 Å². The first-order valence-electron chi connectivity index (χ1n) is 6.58. The summed E-state index contributed by atoms with van der Waals surface area (Å²) in [6.07, 6.45) is 2.69. The van der Waals surface area contributed by atoms with Crippen molar-refractivity contribution in [3.63, 3.8) is 0 Å². The monoisotopic (exact) mass is 249 g/mol. The standard InChI is InChI=1S/C15H23NS/c1-11-8-12(2)15(13(3)9-11)17-10-14-4-6-16-7-5-14/h8-9,14,16H,4-7,10H2,1-3H3. The zero-order valence-corrected chi connectivity index (χ0v) is 12.0. The average molecular weight is 249 g/mol. The highest BCUT2D eigenvalue weighted by molar-refractivity contribution is 7.99. The Kier molecular flexibility index (Phi) is 4.52. The van der Waals surface area contributed by atoms with E-state index >= 15 is 0 Å². The highest BCUT2D eigenvalue weighted by Crippen LogP contribution is 2.30. The summed E-state index contributed by atoms with van der Waals surface area (Å²) in [4.78, 5) is 1.51. The maximum atomic E-state index is 3.43. The van der Waals surface area contributed by atoms with Gasteiger partial charge in [0.05, 0.1) is 0 Å². The van der Waals surface area contributed by atoms with Gasteiger partial charge in [-0.05, 0) is 63.7 Å². The average Bonchev–Trinajstić information content (AvgIpc) is 2.29. The van der Waals surface area contributed by atoms with Crippen LogP contribution in [0.25, 0.3) is 0 Å². The van der Waals surface area contributed by atoms with Crippen molar-refractivity contribution in [1.82, 2.24) is 5.32 Å². The molecule has 1 fully saturated rings. The minimum Gasteiger partial charge on any atom is -0.317 e. The SMILES string of the molecule is Cc1cc(C)c(SCC2CCNCC2)c(C)c1. The molecule has 1 saturated heterocycles. The molecule has 0 amide bonds. The van der Waals surface area contributed by atoms with Gasteiger partial charge in [0.2, 0.25) is 0 Å². The first kappa shape index (κ1) is 13.0. The van der Waals surface area contributed by atoms with Gasteiger partial charge in [0.1, 0.15) is 0 Å². The third kappa shape index (κ3) is 3.49. The van der Waals surface area contributed by atoms with Crippen molar-refractivity contribution >= 4 is 11.8 Å². The maximum absolute atomic E-state index is 3.43. The number of aryl methyl sites for hydroxylation is 3. The van der Waals surface area contributed by atoms with Crippen molar-refractivity contribution in [1.29, 1.82) is 0 Å². The number of hydrogen-bond acceptors (Lipinski definition) is 2. The lowest BCUT2D eigenvalue weighted by atomic mass is 10.0. The minimum atomic E-state index is 0.904. The van der Waals surface area contributed by atoms with Gasteiger partial charge < -0.3 is 5.32 Å². The van der Waals surface area contributed by atoms with Gasteiger partial charge in [0.15, 0.2) is 0 Å². The van der Waals surface area contributed by atoms with Crippen molar-refractivity contribution in [2.24, 2.45) is 5.92 Å². The lowest BCUT2D eigenvalue weighted by Crippen LogP contribution is -2.28. The predicted molar refractivity (Wildman–Crippen MR) is 77.0 cm³/mol. The van der Waals surface area contributed by atoms with Crippen molar-refractivity contribution in [2.75, 3.05) is 18.8 Å². The molecule has 1 aromatic carbocycles. The van der Waals surface area contributed by atoms with Crippen LogP contribution in [0.2, 0.25) is 0 Å². The van der Waals surface area contributed by atoms with E-state index in [9.17, 15) is 0 Å². The predicted octanol–water partition coefficient (Wildman–Crippen LogP) is 3.70. The number of benzene rings is 1. The largest absolute Gasteiger partial charge is 0.317 e. The molecule has 0 atom stereocenters. The van der Waals surface area contributed by atoms with Crippen LogP contribution >= 0.6 is 11.8 Å². The number of piperidine rings is 1. The van der Waals surface area contributed by atoms with E-state index in [1.165, 1.54) is 53.3 Å². The quantitative estimate of drug-likeness (QED) is 0.820. The van der Waals surface area contributed by atoms with Crippen molar-refractivity contribution in [3.05, 3.63) is 28.8 Å². The fraction of sp³-hybridized carbons (Fsp3) is 0.600. The fourth-order valence-corrected chi connectivity index (χ4v) is 3.95. The zero-order valence-electron chi connectivity index (χ0n) is 11.2. The molecule has 17 heavy (non-hydrogen) atoms. The summed E-state index contributed by atoms with van der Waals surface area (Å²) in [5, 5.41) is 3.43. The van der Waals surface area contributed by atoms with E-state index in [2.05, 4.69) is 50.0 Å². The molecule has 1 aromatic rings. The molecule has 0 radical (unpaired) electrons. The first-order valence-corrected chi connectivity index (χ1v) is 7.56. The Bertz CT molecular complexity index is 358. The third-order valence-electron chi connectivity index (χ3n) is 3.53. The van der Waals surface area contributed by atoms with Crippen LogP contribution in [0.3, 0.4) is 0 Å². The summed E-state index contributed by atoms with van der Waals surface area (Å²) in [5.41, 5.74) is 4.27. The van der Waals surface area contributed by atoms with E-state index in [-0.39, 0.29) is 0 Å². The molecule has 0 bridgehead atoms. The second-order valence-electron chi connectivity index (χ2n) is 5.23. The molecule has 1 N–H and O–H groups in total. The zero-order chi connectivity index (χ0) is 12.3. The maximum Gasteiger partial charge on any atom is 0.0131 e. The molecular formula is C15H23NS. The lowest BCUT2D eigenvalue weighted by molar-refractivity contribution is 0.408. The van der Waals surface area contributed by atoms with Crippen LogP contribution in [-0.4, -0.2) is 18.8 Å². The third-order valence-corrected chi connectivity index (χ3v) is 5.10. The van der Waals surface area contributed by atoms with Crippen molar-refractivity contribution < 1.29 is 0 Å². The molecule has 2 heteroatoms. The van der Waals surface area contributed by atoms with Crippen LogP contribution in [-0.2, 0) is 0 Å². The molecule has 0 spiro atoms. The van der Waals surface area contributed by atoms with E-state index in [4.69, 9.17) is 0 Å². The molecule has 0 saturated carbocycles. The molecule has 0 aliphatic carbocycles. The van der Waals surface area contributed by atoms with Gasteiger partial charge in [0.25, 0.3) is 0 Å². The smallest absolute Gasteiger partial charge is 0.0131 e. The van der Waals surface area contributed by atoms with Crippen LogP contribution in [0, 0.1) is 26.7 Å². The molecule has 0 unspecified atom stereocenters. The highest BCUT2D eigenvalue weighted by atomic mass is 32.2. The van der Waals surface area contributed by atoms with Gasteiger partial charge in [-0.15, -0.1) is 11.8 Å². The molecule has 1 nitrogen and oxygen atoms in total. The van der Waals surface area contributed by atoms with E-state index in [0.717, 1.165) is 5.92 Å². The van der Waals surface area contributed by atoms with E-state index in [0.29, 0.717) is 0 Å². The Hall–Kier alpha value is -0.470. The summed E-state index contributed by atoms with van der Waals surface area (Å²) < 4.78 is 0. The molecule has 2 rings (SSSR count). The van der Waals surface area contributed by atoms with Gasteiger partial charge in [-0.3, -0.25) is 0 Å². The summed E-state index contributed by atoms with van der Waals surface area (Å²) in [7, 11) is 0. The Morgan fingerprint density at radius 3 is 2.29 bits per heavy atom. The topological polar surface area (TPSA) is 12.0 Å². The van der Waals surface area contributed by atoms with Crippen LogP contribution in [0.4, 0.5) is 0 Å². The molecular weight excluding hydrogens is 226 g/mol. The molecule has 0 aromatic heterocycles. The Balaban J connectivity index is 1.98. The lowest BCUT2D eigenvalue weighted by Gasteiger charge is -2.22. The number of thioether (sulfide) groups is 1. The van der Waals surface area contributed by atoms with Crippen LogP contribution in [0.15, 0.2) is 17.0 Å². The Morgan fingerprint density at radius 2 is 1.71 bits per heavy atom.